The fourth-order valence-electron chi connectivity index (χ4n) is 3.89. The molecule has 0 fully saturated rings. The van der Waals surface area contributed by atoms with Crippen molar-refractivity contribution in [3.05, 3.63) is 0 Å². The van der Waals surface area contributed by atoms with E-state index < -0.39 is 21.2 Å². The van der Waals surface area contributed by atoms with Gasteiger partial charge in [0.15, 0.2) is 0 Å². The van der Waals surface area contributed by atoms with Gasteiger partial charge in [0.05, 0.1) is 25.4 Å². The van der Waals surface area contributed by atoms with E-state index in [1.165, 1.54) is 19.3 Å². The van der Waals surface area contributed by atoms with Crippen LogP contribution < -0.4 is 0 Å². The first-order valence-electron chi connectivity index (χ1n) is 15.4. The summed E-state index contributed by atoms with van der Waals surface area (Å²) in [7, 11) is -7.74. The van der Waals surface area contributed by atoms with Gasteiger partial charge < -0.3 is 9.79 Å². The highest BCUT2D eigenvalue weighted by Crippen LogP contribution is 2.50. The largest absolute Gasteiger partial charge is 0.474 e. The molecule has 2 N–H and O–H groups in total. The Morgan fingerprint density at radius 2 is 0.842 bits per heavy atom. The van der Waals surface area contributed by atoms with Crippen LogP contribution >= 0.6 is 15.6 Å². The van der Waals surface area contributed by atoms with Crippen molar-refractivity contribution in [1.82, 2.24) is 0 Å². The van der Waals surface area contributed by atoms with Gasteiger partial charge in [-0.05, 0) is 38.5 Å². The fourth-order valence-corrected chi connectivity index (χ4v) is 5.95. The summed E-state index contributed by atoms with van der Waals surface area (Å²) in [4.78, 5) is 18.6. The summed E-state index contributed by atoms with van der Waals surface area (Å²) in [5, 5.41) is 0. The van der Waals surface area contributed by atoms with Crippen LogP contribution in [0.4, 0.5) is 0 Å². The third-order valence-electron chi connectivity index (χ3n) is 6.26. The van der Waals surface area contributed by atoms with E-state index in [0.717, 1.165) is 96.3 Å². The van der Waals surface area contributed by atoms with Gasteiger partial charge in [-0.15, -0.1) is 0 Å². The summed E-state index contributed by atoms with van der Waals surface area (Å²) in [6.07, 6.45) is 17.6. The number of phosphoric acid groups is 2. The van der Waals surface area contributed by atoms with E-state index >= 15 is 0 Å². The lowest BCUT2D eigenvalue weighted by Gasteiger charge is -2.34. The molecule has 0 spiro atoms. The molecule has 0 aliphatic carbocycles. The monoisotopic (exact) mass is 588 g/mol. The van der Waals surface area contributed by atoms with Crippen molar-refractivity contribution in [2.45, 2.75) is 163 Å². The molecule has 0 aromatic rings. The second kappa shape index (κ2) is 26.1. The summed E-state index contributed by atoms with van der Waals surface area (Å²) in [6, 6.07) is 0. The van der Waals surface area contributed by atoms with Crippen LogP contribution in [0.1, 0.15) is 157 Å². The van der Waals surface area contributed by atoms with Crippen molar-refractivity contribution >= 4 is 15.6 Å². The van der Waals surface area contributed by atoms with Gasteiger partial charge in [-0.25, -0.2) is 9.13 Å². The SMILES string of the molecule is CCCCCCCC(CCCC)(CCCC)OP(=O)(O)O.CCCCOP(=O)(OCCCC)OCCCC. The Morgan fingerprint density at radius 1 is 0.500 bits per heavy atom. The molecule has 0 rings (SSSR count). The standard InChI is InChI=1S/C16H35O4P.C12H27O4P/c1-4-7-10-11-12-15-16(13-8-5-2,14-9-6-3)20-21(17,18)19;1-4-7-10-14-17(13,15-11-8-5-2)16-12-9-6-3/h4-15H2,1-3H3,(H2,17,18,19);4-12H2,1-3H3. The van der Waals surface area contributed by atoms with E-state index in [2.05, 4.69) is 41.5 Å². The molecule has 0 aliphatic heterocycles. The van der Waals surface area contributed by atoms with Crippen LogP contribution in [0.15, 0.2) is 0 Å². The van der Waals surface area contributed by atoms with Gasteiger partial charge in [-0.3, -0.25) is 18.1 Å². The van der Waals surface area contributed by atoms with E-state index in [9.17, 15) is 18.9 Å². The first-order chi connectivity index (χ1) is 18.1. The second-order valence-corrected chi connectivity index (χ2v) is 13.0. The summed E-state index contributed by atoms with van der Waals surface area (Å²) >= 11 is 0. The van der Waals surface area contributed by atoms with Gasteiger partial charge in [-0.2, -0.15) is 0 Å². The first-order valence-corrected chi connectivity index (χ1v) is 18.4. The Bertz CT molecular complexity index is 556. The van der Waals surface area contributed by atoms with Crippen molar-refractivity contribution in [3.63, 3.8) is 0 Å². The average molecular weight is 589 g/mol. The zero-order chi connectivity index (χ0) is 29.2. The molecule has 8 nitrogen and oxygen atoms in total. The Labute approximate surface area is 235 Å². The van der Waals surface area contributed by atoms with E-state index in [4.69, 9.17) is 18.1 Å². The van der Waals surface area contributed by atoms with Crippen molar-refractivity contribution in [1.29, 1.82) is 0 Å². The molecule has 0 saturated heterocycles. The minimum absolute atomic E-state index is 0.437. The van der Waals surface area contributed by atoms with E-state index in [-0.39, 0.29) is 0 Å². The zero-order valence-electron chi connectivity index (χ0n) is 25.6. The Balaban J connectivity index is 0. The quantitative estimate of drug-likeness (QED) is 0.0758. The molecule has 10 heteroatoms. The number of phosphoric ester groups is 2. The van der Waals surface area contributed by atoms with Gasteiger partial charge in [0, 0.05) is 0 Å². The Morgan fingerprint density at radius 3 is 1.18 bits per heavy atom. The lowest BCUT2D eigenvalue weighted by Crippen LogP contribution is -2.32. The highest BCUT2D eigenvalue weighted by atomic mass is 31.2. The van der Waals surface area contributed by atoms with Crippen molar-refractivity contribution < 1.29 is 37.0 Å². The minimum Gasteiger partial charge on any atom is -0.303 e. The minimum atomic E-state index is -4.43. The van der Waals surface area contributed by atoms with Crippen LogP contribution in [-0.2, 0) is 27.2 Å². The highest BCUT2D eigenvalue weighted by Gasteiger charge is 2.36. The lowest BCUT2D eigenvalue weighted by molar-refractivity contribution is 0.00604. The van der Waals surface area contributed by atoms with Crippen molar-refractivity contribution in [3.8, 4) is 0 Å². The number of unbranched alkanes of at least 4 members (excludes halogenated alkanes) is 9. The van der Waals surface area contributed by atoms with Crippen LogP contribution in [0.25, 0.3) is 0 Å². The molecule has 0 aromatic heterocycles. The molecular formula is C28H62O8P2. The summed E-state index contributed by atoms with van der Waals surface area (Å²) in [5.41, 5.74) is -0.628. The van der Waals surface area contributed by atoms with Gasteiger partial charge in [0.25, 0.3) is 0 Å². The number of hydrogen-bond acceptors (Lipinski definition) is 6. The van der Waals surface area contributed by atoms with Crippen LogP contribution in [0, 0.1) is 0 Å². The van der Waals surface area contributed by atoms with Crippen molar-refractivity contribution in [2.75, 3.05) is 19.8 Å². The molecule has 0 saturated carbocycles. The predicted octanol–water partition coefficient (Wildman–Crippen LogP) is 10.1. The molecule has 0 heterocycles. The average Bonchev–Trinajstić information content (AvgIpc) is 2.86. The Kier molecular flexibility index (Phi) is 27.8. The molecule has 0 amide bonds. The van der Waals surface area contributed by atoms with Gasteiger partial charge in [-0.1, -0.05) is 119 Å². The van der Waals surface area contributed by atoms with E-state index in [1.54, 1.807) is 0 Å². The van der Waals surface area contributed by atoms with Gasteiger partial charge in [0.1, 0.15) is 0 Å². The van der Waals surface area contributed by atoms with Crippen LogP contribution in [0.5, 0.6) is 0 Å². The molecule has 0 aliphatic rings. The predicted molar refractivity (Wildman–Crippen MR) is 158 cm³/mol. The maximum Gasteiger partial charge on any atom is 0.474 e. The summed E-state index contributed by atoms with van der Waals surface area (Å²) in [5.74, 6) is 0. The molecular weight excluding hydrogens is 526 g/mol. The van der Waals surface area contributed by atoms with Crippen LogP contribution in [0.2, 0.25) is 0 Å². The zero-order valence-corrected chi connectivity index (χ0v) is 27.4. The smallest absolute Gasteiger partial charge is 0.303 e. The molecule has 0 radical (unpaired) electrons. The third-order valence-corrected chi connectivity index (χ3v) is 8.38. The molecule has 0 unspecified atom stereocenters. The lowest BCUT2D eigenvalue weighted by atomic mass is 9.86. The molecule has 0 bridgehead atoms. The van der Waals surface area contributed by atoms with E-state index in [0.29, 0.717) is 19.8 Å². The Hall–Kier alpha value is 0.220. The molecule has 0 atom stereocenters. The van der Waals surface area contributed by atoms with Crippen LogP contribution in [-0.4, -0.2) is 35.2 Å². The highest BCUT2D eigenvalue weighted by molar-refractivity contribution is 7.48. The molecule has 0 aromatic carbocycles. The molecule has 38 heavy (non-hydrogen) atoms. The maximum absolute atomic E-state index is 12.2. The number of hydrogen-bond donors (Lipinski definition) is 2. The fraction of sp³-hybridized carbons (Fsp3) is 1.00. The third kappa shape index (κ3) is 25.2. The van der Waals surface area contributed by atoms with Gasteiger partial charge >= 0.3 is 15.6 Å². The van der Waals surface area contributed by atoms with Crippen LogP contribution in [0.3, 0.4) is 0 Å². The topological polar surface area (TPSA) is 112 Å². The summed E-state index contributed by atoms with van der Waals surface area (Å²) in [6.45, 7) is 13.9. The molecule has 232 valence electrons. The first kappa shape index (κ1) is 40.4. The normalized spacial score (nSPS) is 12.4. The van der Waals surface area contributed by atoms with Crippen molar-refractivity contribution in [2.24, 2.45) is 0 Å². The second-order valence-electron chi connectivity index (χ2n) is 10.1. The number of rotatable bonds is 26. The van der Waals surface area contributed by atoms with Gasteiger partial charge in [0.2, 0.25) is 0 Å². The maximum atomic E-state index is 12.2. The van der Waals surface area contributed by atoms with E-state index in [1.807, 2.05) is 0 Å². The summed E-state index contributed by atoms with van der Waals surface area (Å²) < 4.78 is 44.7.